The van der Waals surface area contributed by atoms with Crippen LogP contribution in [-0.4, -0.2) is 32.1 Å². The van der Waals surface area contributed by atoms with Crippen molar-refractivity contribution in [1.82, 2.24) is 5.32 Å². The lowest BCUT2D eigenvalue weighted by molar-refractivity contribution is -0.140. The van der Waals surface area contributed by atoms with Crippen LogP contribution >= 0.6 is 0 Å². The fourth-order valence-corrected chi connectivity index (χ4v) is 1.53. The first-order valence-corrected chi connectivity index (χ1v) is 6.25. The van der Waals surface area contributed by atoms with E-state index in [2.05, 4.69) is 10.1 Å². The molecule has 5 heteroatoms. The molecule has 1 aromatic carbocycles. The summed E-state index contributed by atoms with van der Waals surface area (Å²) >= 11 is 0. The zero-order chi connectivity index (χ0) is 14.1. The van der Waals surface area contributed by atoms with Crippen LogP contribution in [0, 0.1) is 0 Å². The van der Waals surface area contributed by atoms with Gasteiger partial charge in [-0.15, -0.1) is 0 Å². The van der Waals surface area contributed by atoms with Crippen molar-refractivity contribution in [2.75, 3.05) is 20.3 Å². The molecule has 1 amide bonds. The Hall–Kier alpha value is -2.04. The molecule has 0 aliphatic rings. The Morgan fingerprint density at radius 3 is 2.79 bits per heavy atom. The lowest BCUT2D eigenvalue weighted by Crippen LogP contribution is -2.25. The van der Waals surface area contributed by atoms with Crippen molar-refractivity contribution in [2.45, 2.75) is 19.8 Å². The molecule has 0 unspecified atom stereocenters. The summed E-state index contributed by atoms with van der Waals surface area (Å²) in [6.07, 6.45) is 0.860. The van der Waals surface area contributed by atoms with Crippen LogP contribution in [0.4, 0.5) is 0 Å². The molecule has 0 aromatic heterocycles. The van der Waals surface area contributed by atoms with Crippen LogP contribution in [0.1, 0.15) is 30.1 Å². The van der Waals surface area contributed by atoms with Gasteiger partial charge in [0.15, 0.2) is 0 Å². The van der Waals surface area contributed by atoms with E-state index < -0.39 is 0 Å². The fourth-order valence-electron chi connectivity index (χ4n) is 1.53. The molecule has 0 fully saturated rings. The van der Waals surface area contributed by atoms with Gasteiger partial charge < -0.3 is 14.8 Å². The van der Waals surface area contributed by atoms with Crippen molar-refractivity contribution in [1.29, 1.82) is 0 Å². The van der Waals surface area contributed by atoms with Crippen molar-refractivity contribution in [3.63, 3.8) is 0 Å². The zero-order valence-corrected chi connectivity index (χ0v) is 11.3. The van der Waals surface area contributed by atoms with Crippen molar-refractivity contribution < 1.29 is 19.1 Å². The van der Waals surface area contributed by atoms with E-state index in [1.54, 1.807) is 24.3 Å². The van der Waals surface area contributed by atoms with Crippen LogP contribution in [-0.2, 0) is 9.53 Å². The van der Waals surface area contributed by atoms with Gasteiger partial charge in [0.2, 0.25) is 0 Å². The number of carbonyl (C=O) groups is 2. The Labute approximate surface area is 112 Å². The largest absolute Gasteiger partial charge is 0.494 e. The molecule has 104 valence electrons. The SMILES string of the molecule is CCOc1cccc(C(=O)NCCCC(=O)OC)c1. The summed E-state index contributed by atoms with van der Waals surface area (Å²) in [5.41, 5.74) is 0.545. The van der Waals surface area contributed by atoms with E-state index >= 15 is 0 Å². The first-order chi connectivity index (χ1) is 9.17. The minimum absolute atomic E-state index is 0.175. The van der Waals surface area contributed by atoms with Gasteiger partial charge >= 0.3 is 5.97 Å². The van der Waals surface area contributed by atoms with E-state index in [0.717, 1.165) is 0 Å². The van der Waals surface area contributed by atoms with Gasteiger partial charge in [0.05, 0.1) is 13.7 Å². The van der Waals surface area contributed by atoms with Gasteiger partial charge in [-0.25, -0.2) is 0 Å². The second kappa shape index (κ2) is 8.13. The molecule has 1 N–H and O–H groups in total. The molecular weight excluding hydrogens is 246 g/mol. The third-order valence-corrected chi connectivity index (χ3v) is 2.48. The highest BCUT2D eigenvalue weighted by Gasteiger charge is 2.06. The molecule has 1 rings (SSSR count). The summed E-state index contributed by atoms with van der Waals surface area (Å²) in [5, 5.41) is 2.75. The molecule has 0 bridgehead atoms. The highest BCUT2D eigenvalue weighted by molar-refractivity contribution is 5.94. The molecular formula is C14H19NO4. The molecule has 0 aliphatic carbocycles. The summed E-state index contributed by atoms with van der Waals surface area (Å²) in [6.45, 7) is 2.89. The molecule has 0 atom stereocenters. The van der Waals surface area contributed by atoms with Gasteiger partial charge in [-0.05, 0) is 31.5 Å². The maximum Gasteiger partial charge on any atom is 0.305 e. The van der Waals surface area contributed by atoms with Crippen molar-refractivity contribution >= 4 is 11.9 Å². The number of nitrogens with one attached hydrogen (secondary N) is 1. The highest BCUT2D eigenvalue weighted by Crippen LogP contribution is 2.13. The van der Waals surface area contributed by atoms with E-state index in [9.17, 15) is 9.59 Å². The van der Waals surface area contributed by atoms with Crippen LogP contribution < -0.4 is 10.1 Å². The third-order valence-electron chi connectivity index (χ3n) is 2.48. The molecule has 5 nitrogen and oxygen atoms in total. The van der Waals surface area contributed by atoms with E-state index in [0.29, 0.717) is 37.3 Å². The maximum atomic E-state index is 11.8. The topological polar surface area (TPSA) is 64.6 Å². The molecule has 0 aliphatic heterocycles. The summed E-state index contributed by atoms with van der Waals surface area (Å²) in [5.74, 6) is 0.226. The number of hydrogen-bond acceptors (Lipinski definition) is 4. The zero-order valence-electron chi connectivity index (χ0n) is 11.3. The quantitative estimate of drug-likeness (QED) is 0.603. The fraction of sp³-hybridized carbons (Fsp3) is 0.429. The molecule has 19 heavy (non-hydrogen) atoms. The number of benzene rings is 1. The number of amides is 1. The van der Waals surface area contributed by atoms with Crippen LogP contribution in [0.5, 0.6) is 5.75 Å². The second-order valence-corrected chi connectivity index (χ2v) is 3.90. The van der Waals surface area contributed by atoms with Crippen LogP contribution in [0.25, 0.3) is 0 Å². The van der Waals surface area contributed by atoms with Crippen molar-refractivity contribution in [2.24, 2.45) is 0 Å². The highest BCUT2D eigenvalue weighted by atomic mass is 16.5. The minimum Gasteiger partial charge on any atom is -0.494 e. The molecule has 0 spiro atoms. The Morgan fingerprint density at radius 2 is 2.11 bits per heavy atom. The minimum atomic E-state index is -0.271. The van der Waals surface area contributed by atoms with Gasteiger partial charge in [-0.3, -0.25) is 9.59 Å². The number of methoxy groups -OCH3 is 1. The molecule has 0 radical (unpaired) electrons. The first kappa shape index (κ1) is 15.0. The molecule has 0 heterocycles. The summed E-state index contributed by atoms with van der Waals surface area (Å²) in [4.78, 5) is 22.7. The predicted molar refractivity (Wildman–Crippen MR) is 71.2 cm³/mol. The average molecular weight is 265 g/mol. The van der Waals surface area contributed by atoms with Crippen molar-refractivity contribution in [3.8, 4) is 5.75 Å². The molecule has 0 saturated carbocycles. The summed E-state index contributed by atoms with van der Waals surface area (Å²) in [7, 11) is 1.35. The first-order valence-electron chi connectivity index (χ1n) is 6.25. The van der Waals surface area contributed by atoms with Gasteiger partial charge in [0, 0.05) is 18.5 Å². The van der Waals surface area contributed by atoms with Crippen molar-refractivity contribution in [3.05, 3.63) is 29.8 Å². The lowest BCUT2D eigenvalue weighted by atomic mass is 10.2. The number of hydrogen-bond donors (Lipinski definition) is 1. The Balaban J connectivity index is 2.40. The van der Waals surface area contributed by atoms with Crippen LogP contribution in [0.15, 0.2) is 24.3 Å². The number of rotatable bonds is 7. The van der Waals surface area contributed by atoms with E-state index in [1.165, 1.54) is 7.11 Å². The van der Waals surface area contributed by atoms with Gasteiger partial charge in [-0.2, -0.15) is 0 Å². The van der Waals surface area contributed by atoms with Gasteiger partial charge in [0.25, 0.3) is 5.91 Å². The summed E-state index contributed by atoms with van der Waals surface area (Å²) < 4.78 is 9.84. The van der Waals surface area contributed by atoms with E-state index in [-0.39, 0.29) is 11.9 Å². The average Bonchev–Trinajstić information content (AvgIpc) is 2.43. The molecule has 0 saturated heterocycles. The van der Waals surface area contributed by atoms with Gasteiger partial charge in [-0.1, -0.05) is 6.07 Å². The lowest BCUT2D eigenvalue weighted by Gasteiger charge is -2.07. The van der Waals surface area contributed by atoms with E-state index in [4.69, 9.17) is 4.74 Å². The standard InChI is InChI=1S/C14H19NO4/c1-3-19-12-7-4-6-11(10-12)14(17)15-9-5-8-13(16)18-2/h4,6-7,10H,3,5,8-9H2,1-2H3,(H,15,17). The smallest absolute Gasteiger partial charge is 0.305 e. The van der Waals surface area contributed by atoms with E-state index in [1.807, 2.05) is 6.92 Å². The maximum absolute atomic E-state index is 11.8. The third kappa shape index (κ3) is 5.42. The Kier molecular flexibility index (Phi) is 6.43. The molecule has 1 aromatic rings. The number of carbonyl (C=O) groups excluding carboxylic acids is 2. The predicted octanol–water partition coefficient (Wildman–Crippen LogP) is 1.77. The number of esters is 1. The van der Waals surface area contributed by atoms with Crippen LogP contribution in [0.2, 0.25) is 0 Å². The Morgan fingerprint density at radius 1 is 1.32 bits per heavy atom. The van der Waals surface area contributed by atoms with Gasteiger partial charge in [0.1, 0.15) is 5.75 Å². The normalized spacial score (nSPS) is 9.79. The monoisotopic (exact) mass is 265 g/mol. The number of ether oxygens (including phenoxy) is 2. The Bertz CT molecular complexity index is 431. The summed E-state index contributed by atoms with van der Waals surface area (Å²) in [6, 6.07) is 6.99. The van der Waals surface area contributed by atoms with Crippen LogP contribution in [0.3, 0.4) is 0 Å². The second-order valence-electron chi connectivity index (χ2n) is 3.90.